The summed E-state index contributed by atoms with van der Waals surface area (Å²) < 4.78 is 12.0. The van der Waals surface area contributed by atoms with Crippen molar-refractivity contribution in [1.82, 2.24) is 40.5 Å². The Kier molecular flexibility index (Phi) is 16.5. The number of benzene rings is 3. The summed E-state index contributed by atoms with van der Waals surface area (Å²) in [5.74, 6) is -0.0614. The lowest BCUT2D eigenvalue weighted by molar-refractivity contribution is -0.144. The van der Waals surface area contributed by atoms with E-state index in [9.17, 15) is 29.4 Å². The minimum atomic E-state index is -0.995. The lowest BCUT2D eigenvalue weighted by atomic mass is 9.85. The molecule has 366 valence electrons. The van der Waals surface area contributed by atoms with Crippen LogP contribution in [0.3, 0.4) is 0 Å². The summed E-state index contributed by atoms with van der Waals surface area (Å²) in [4.78, 5) is 65.3. The van der Waals surface area contributed by atoms with Gasteiger partial charge in [-0.1, -0.05) is 69.3 Å². The van der Waals surface area contributed by atoms with Crippen LogP contribution in [0.25, 0.3) is 21.7 Å². The molecule has 0 aliphatic carbocycles. The van der Waals surface area contributed by atoms with Crippen LogP contribution in [0.4, 0.5) is 5.82 Å². The largest absolute Gasteiger partial charge is 0.507 e. The number of aryl methyl sites for hydroxylation is 1. The third-order valence-corrected chi connectivity index (χ3v) is 13.5. The first-order chi connectivity index (χ1) is 33.0. The number of β-amino-alcohol motifs (C(OH)–C–C–N with tert-alkyl or cyclic N) is 1. The maximum Gasteiger partial charge on any atom is 0.246 e. The van der Waals surface area contributed by atoms with Crippen molar-refractivity contribution in [2.75, 3.05) is 58.2 Å². The molecule has 0 saturated carbocycles. The molecule has 69 heavy (non-hydrogen) atoms. The number of nitrogens with one attached hydrogen (secondary N) is 2. The number of thiazole rings is 1. The summed E-state index contributed by atoms with van der Waals surface area (Å²) in [6.45, 7) is 13.1. The first-order valence-corrected chi connectivity index (χ1v) is 24.3. The van der Waals surface area contributed by atoms with Crippen molar-refractivity contribution in [1.29, 1.82) is 0 Å². The fraction of sp³-hybridized carbons (Fsp3) is 0.431. The lowest BCUT2D eigenvalue weighted by Gasteiger charge is -2.36. The summed E-state index contributed by atoms with van der Waals surface area (Å²) in [7, 11) is 0. The van der Waals surface area contributed by atoms with Crippen molar-refractivity contribution in [3.05, 3.63) is 101 Å². The van der Waals surface area contributed by atoms with Crippen LogP contribution in [-0.2, 0) is 25.6 Å². The molecule has 7 rings (SSSR count). The number of aliphatic hydroxyl groups excluding tert-OH is 1. The number of aliphatic hydroxyl groups is 1. The molecule has 0 radical (unpaired) electrons. The van der Waals surface area contributed by atoms with E-state index >= 15 is 0 Å². The second-order valence-electron chi connectivity index (χ2n) is 18.7. The van der Waals surface area contributed by atoms with Gasteiger partial charge in [0, 0.05) is 76.6 Å². The third kappa shape index (κ3) is 13.1. The fourth-order valence-electron chi connectivity index (χ4n) is 8.53. The Morgan fingerprint density at radius 3 is 2.38 bits per heavy atom. The number of phenols is 1. The van der Waals surface area contributed by atoms with Gasteiger partial charge >= 0.3 is 0 Å². The zero-order chi connectivity index (χ0) is 49.2. The summed E-state index contributed by atoms with van der Waals surface area (Å²) >= 11 is 1.57. The molecule has 17 nitrogen and oxygen atoms in total. The zero-order valence-electron chi connectivity index (χ0n) is 39.9. The van der Waals surface area contributed by atoms with Crippen LogP contribution in [-0.4, -0.2) is 134 Å². The monoisotopic (exact) mass is 961 g/mol. The van der Waals surface area contributed by atoms with Crippen LogP contribution in [0.1, 0.15) is 69.8 Å². The van der Waals surface area contributed by atoms with E-state index in [2.05, 4.69) is 30.7 Å². The van der Waals surface area contributed by atoms with Gasteiger partial charge in [0.25, 0.3) is 0 Å². The number of piperazine rings is 1. The highest BCUT2D eigenvalue weighted by Gasteiger charge is 2.44. The van der Waals surface area contributed by atoms with E-state index in [-0.39, 0.29) is 55.2 Å². The van der Waals surface area contributed by atoms with E-state index in [1.807, 2.05) is 88.7 Å². The van der Waals surface area contributed by atoms with Gasteiger partial charge in [-0.15, -0.1) is 21.5 Å². The second-order valence-corrected chi connectivity index (χ2v) is 19.5. The Bertz CT molecular complexity index is 2580. The topological polar surface area (TPSA) is 226 Å². The highest BCUT2D eigenvalue weighted by Crippen LogP contribution is 2.32. The molecule has 6 N–H and O–H groups in total. The molecule has 0 spiro atoms. The fourth-order valence-corrected chi connectivity index (χ4v) is 9.34. The number of aromatic hydroxyl groups is 1. The van der Waals surface area contributed by atoms with E-state index < -0.39 is 35.4 Å². The third-order valence-electron chi connectivity index (χ3n) is 12.5. The summed E-state index contributed by atoms with van der Waals surface area (Å²) in [6, 6.07) is 21.9. The number of para-hydroxylation sites is 1. The van der Waals surface area contributed by atoms with E-state index in [1.54, 1.807) is 46.6 Å². The van der Waals surface area contributed by atoms with E-state index in [4.69, 9.17) is 15.2 Å². The number of carbonyl (C=O) groups is 4. The minimum Gasteiger partial charge on any atom is -0.507 e. The summed E-state index contributed by atoms with van der Waals surface area (Å²) in [5.41, 5.74) is 12.0. The van der Waals surface area contributed by atoms with Crippen molar-refractivity contribution >= 4 is 40.8 Å². The molecule has 0 bridgehead atoms. The number of rotatable bonds is 18. The Morgan fingerprint density at radius 1 is 0.913 bits per heavy atom. The standard InChI is InChI=1S/C51H63N9O8S/c1-32(35-13-15-36(16-14-35)46-33(2)53-31-69-46)54-49(65)41-28-37(61)30-60(41)50(66)47(51(3,4)5)55-44(63)17-18-45(64)59-22-20-58(21-23-59)24-26-67-38-10-8-9-34(27-38)19-25-68-43-29-40(56-57-48(43)52)39-11-6-7-12-42(39)62/h6-16,27,29,31-32,37,41,47,61-62H,17-26,28,30H2,1-5H3,(H2,52,57)(H,54,65)(H,55,63)/t32-,37+,41-,47+/m0/s1. The molecular weight excluding hydrogens is 899 g/mol. The van der Waals surface area contributed by atoms with Gasteiger partial charge < -0.3 is 45.9 Å². The van der Waals surface area contributed by atoms with Crippen LogP contribution >= 0.6 is 11.3 Å². The number of aromatic nitrogens is 3. The number of amides is 4. The van der Waals surface area contributed by atoms with Crippen molar-refractivity contribution < 1.29 is 38.9 Å². The molecule has 2 aliphatic heterocycles. The molecule has 18 heteroatoms. The molecule has 2 fully saturated rings. The molecule has 3 aromatic carbocycles. The molecule has 4 heterocycles. The minimum absolute atomic E-state index is 0.0103. The summed E-state index contributed by atoms with van der Waals surface area (Å²) in [5, 5.41) is 34.9. The lowest BCUT2D eigenvalue weighted by Crippen LogP contribution is -2.58. The van der Waals surface area contributed by atoms with Crippen LogP contribution in [0, 0.1) is 12.3 Å². The van der Waals surface area contributed by atoms with Crippen LogP contribution in [0.15, 0.2) is 84.4 Å². The Hall–Kier alpha value is -6.63. The van der Waals surface area contributed by atoms with Crippen molar-refractivity contribution in [2.24, 2.45) is 5.41 Å². The molecular formula is C51H63N9O8S. The number of hydrogen-bond acceptors (Lipinski definition) is 14. The number of nitrogens with zero attached hydrogens (tertiary/aromatic N) is 6. The number of carbonyl (C=O) groups excluding carboxylic acids is 4. The van der Waals surface area contributed by atoms with Gasteiger partial charge in [0.05, 0.1) is 34.8 Å². The van der Waals surface area contributed by atoms with Crippen molar-refractivity contribution in [3.8, 4) is 38.9 Å². The number of nitrogens with two attached hydrogens (primary N) is 1. The van der Waals surface area contributed by atoms with E-state index in [0.717, 1.165) is 33.0 Å². The quantitative estimate of drug-likeness (QED) is 0.0767. The van der Waals surface area contributed by atoms with Crippen molar-refractivity contribution in [3.63, 3.8) is 0 Å². The van der Waals surface area contributed by atoms with Gasteiger partial charge in [-0.2, -0.15) is 0 Å². The average Bonchev–Trinajstić information content (AvgIpc) is 3.95. The van der Waals surface area contributed by atoms with Gasteiger partial charge in [0.2, 0.25) is 23.6 Å². The van der Waals surface area contributed by atoms with E-state index in [0.29, 0.717) is 69.4 Å². The van der Waals surface area contributed by atoms with Crippen molar-refractivity contribution in [2.45, 2.75) is 84.5 Å². The van der Waals surface area contributed by atoms with Gasteiger partial charge in [-0.3, -0.25) is 24.1 Å². The number of anilines is 1. The predicted molar refractivity (Wildman–Crippen MR) is 263 cm³/mol. The maximum atomic E-state index is 14.2. The molecule has 2 aromatic heterocycles. The molecule has 2 saturated heterocycles. The maximum absolute atomic E-state index is 14.2. The average molecular weight is 962 g/mol. The number of likely N-dealkylation sites (tertiary alicyclic amines) is 1. The molecule has 0 unspecified atom stereocenters. The van der Waals surface area contributed by atoms with Gasteiger partial charge in [-0.25, -0.2) is 4.98 Å². The first kappa shape index (κ1) is 50.3. The van der Waals surface area contributed by atoms with Gasteiger partial charge in [-0.05, 0) is 60.2 Å². The molecule has 4 atom stereocenters. The Labute approximate surface area is 407 Å². The molecule has 4 amide bonds. The normalized spacial score (nSPS) is 17.2. The predicted octanol–water partition coefficient (Wildman–Crippen LogP) is 5.16. The number of nitrogen functional groups attached to an aromatic ring is 1. The van der Waals surface area contributed by atoms with E-state index in [1.165, 1.54) is 4.90 Å². The highest BCUT2D eigenvalue weighted by molar-refractivity contribution is 7.13. The highest BCUT2D eigenvalue weighted by atomic mass is 32.1. The first-order valence-electron chi connectivity index (χ1n) is 23.4. The van der Waals surface area contributed by atoms with Crippen LogP contribution in [0.2, 0.25) is 0 Å². The Morgan fingerprint density at radius 2 is 1.67 bits per heavy atom. The number of ether oxygens (including phenoxy) is 2. The number of hydrogen-bond donors (Lipinski definition) is 5. The van der Waals surface area contributed by atoms with Gasteiger partial charge in [0.15, 0.2) is 11.6 Å². The molecule has 5 aromatic rings. The zero-order valence-corrected chi connectivity index (χ0v) is 40.7. The van der Waals surface area contributed by atoms with Gasteiger partial charge in [0.1, 0.15) is 35.9 Å². The SMILES string of the molecule is Cc1ncsc1-c1ccc([C@H](C)NC(=O)[C@@H]2C[C@@H](O)CN2C(=O)[C@@H](NC(=O)CCC(=O)N2CCN(CCOc3cccc(CCOc4cc(-c5ccccc5O)nnc4N)c3)CC2)C(C)(C)C)cc1. The summed E-state index contributed by atoms with van der Waals surface area (Å²) in [6.07, 6.45) is -0.338. The molecule has 2 aliphatic rings. The number of phenolic OH excluding ortho intramolecular Hbond substituents is 1. The second kappa shape index (κ2) is 22.7. The van der Waals surface area contributed by atoms with Crippen LogP contribution in [0.5, 0.6) is 17.2 Å². The Balaban J connectivity index is 0.819. The smallest absolute Gasteiger partial charge is 0.246 e. The van der Waals surface area contributed by atoms with Crippen LogP contribution < -0.4 is 25.8 Å².